The van der Waals surface area contributed by atoms with Crippen molar-refractivity contribution in [1.29, 1.82) is 0 Å². The summed E-state index contributed by atoms with van der Waals surface area (Å²) in [4.78, 5) is 13.4. The maximum atomic E-state index is 13.1. The van der Waals surface area contributed by atoms with Crippen LogP contribution < -0.4 is 10.5 Å². The highest BCUT2D eigenvalue weighted by molar-refractivity contribution is 5.78. The van der Waals surface area contributed by atoms with Crippen LogP contribution in [0, 0.1) is 5.82 Å². The Labute approximate surface area is 99.2 Å². The van der Waals surface area contributed by atoms with Crippen molar-refractivity contribution in [3.05, 3.63) is 24.0 Å². The number of amides is 1. The molecule has 1 amide bonds. The first-order chi connectivity index (χ1) is 8.16. The highest BCUT2D eigenvalue weighted by atomic mass is 19.1. The van der Waals surface area contributed by atoms with E-state index in [9.17, 15) is 9.18 Å². The van der Waals surface area contributed by atoms with E-state index in [1.807, 2.05) is 0 Å². The lowest BCUT2D eigenvalue weighted by Gasteiger charge is -2.15. The number of halogens is 1. The number of benzene rings is 1. The first-order valence-electron chi connectivity index (χ1n) is 5.62. The van der Waals surface area contributed by atoms with E-state index in [1.165, 1.54) is 12.1 Å². The summed E-state index contributed by atoms with van der Waals surface area (Å²) in [5, 5.41) is 0. The van der Waals surface area contributed by atoms with Crippen molar-refractivity contribution >= 4 is 11.6 Å². The maximum absolute atomic E-state index is 13.1. The third-order valence-electron chi connectivity index (χ3n) is 2.79. The number of hydrogen-bond donors (Lipinski definition) is 1. The van der Waals surface area contributed by atoms with Crippen molar-refractivity contribution in [3.63, 3.8) is 0 Å². The topological polar surface area (TPSA) is 55.6 Å². The molecule has 0 unspecified atom stereocenters. The molecular weight excluding hydrogens is 223 g/mol. The first-order valence-corrected chi connectivity index (χ1v) is 5.62. The van der Waals surface area contributed by atoms with Gasteiger partial charge in [-0.2, -0.15) is 0 Å². The van der Waals surface area contributed by atoms with Crippen LogP contribution in [-0.2, 0) is 4.79 Å². The van der Waals surface area contributed by atoms with Crippen LogP contribution in [-0.4, -0.2) is 30.5 Å². The third-order valence-corrected chi connectivity index (χ3v) is 2.79. The van der Waals surface area contributed by atoms with E-state index in [0.717, 1.165) is 25.9 Å². The number of nitrogen functional groups attached to an aromatic ring is 1. The van der Waals surface area contributed by atoms with Crippen LogP contribution in [0.15, 0.2) is 18.2 Å². The summed E-state index contributed by atoms with van der Waals surface area (Å²) in [6.45, 7) is 1.53. The predicted octanol–water partition coefficient (Wildman–Crippen LogP) is 1.41. The van der Waals surface area contributed by atoms with Crippen LogP contribution in [0.25, 0.3) is 0 Å². The van der Waals surface area contributed by atoms with E-state index in [0.29, 0.717) is 5.75 Å². The molecule has 1 aliphatic heterocycles. The van der Waals surface area contributed by atoms with Gasteiger partial charge in [-0.05, 0) is 25.0 Å². The molecule has 4 nitrogen and oxygen atoms in total. The van der Waals surface area contributed by atoms with Gasteiger partial charge >= 0.3 is 0 Å². The number of hydrogen-bond acceptors (Lipinski definition) is 3. The van der Waals surface area contributed by atoms with Gasteiger partial charge in [0.25, 0.3) is 5.91 Å². The number of carbonyl (C=O) groups is 1. The molecule has 1 aliphatic rings. The normalized spacial score (nSPS) is 15.0. The number of anilines is 1. The molecule has 1 fully saturated rings. The second-order valence-electron chi connectivity index (χ2n) is 4.06. The molecule has 1 aromatic rings. The van der Waals surface area contributed by atoms with Crippen LogP contribution >= 0.6 is 0 Å². The second-order valence-corrected chi connectivity index (χ2v) is 4.06. The molecule has 0 atom stereocenters. The van der Waals surface area contributed by atoms with Gasteiger partial charge in [0.1, 0.15) is 11.6 Å². The molecule has 0 aromatic heterocycles. The summed E-state index contributed by atoms with van der Waals surface area (Å²) in [5.41, 5.74) is 5.41. The molecule has 1 heterocycles. The van der Waals surface area contributed by atoms with E-state index >= 15 is 0 Å². The Kier molecular flexibility index (Phi) is 3.46. The van der Waals surface area contributed by atoms with Gasteiger partial charge < -0.3 is 15.4 Å². The second kappa shape index (κ2) is 5.03. The van der Waals surface area contributed by atoms with E-state index in [4.69, 9.17) is 10.5 Å². The largest absolute Gasteiger partial charge is 0.484 e. The van der Waals surface area contributed by atoms with Crippen LogP contribution in [0.4, 0.5) is 10.1 Å². The van der Waals surface area contributed by atoms with E-state index in [1.54, 1.807) is 11.0 Å². The average Bonchev–Trinajstić information content (AvgIpc) is 2.84. The highest BCUT2D eigenvalue weighted by Crippen LogP contribution is 2.18. The quantitative estimate of drug-likeness (QED) is 0.810. The lowest BCUT2D eigenvalue weighted by molar-refractivity contribution is -0.132. The molecule has 0 spiro atoms. The minimum absolute atomic E-state index is 0.0522. The van der Waals surface area contributed by atoms with Crippen molar-refractivity contribution in [2.75, 3.05) is 25.4 Å². The van der Waals surface area contributed by atoms with Crippen molar-refractivity contribution in [1.82, 2.24) is 4.90 Å². The molecular formula is C12H15FN2O2. The minimum Gasteiger partial charge on any atom is -0.484 e. The number of likely N-dealkylation sites (tertiary alicyclic amines) is 1. The van der Waals surface area contributed by atoms with Crippen molar-refractivity contribution in [2.24, 2.45) is 0 Å². The lowest BCUT2D eigenvalue weighted by atomic mass is 10.3. The van der Waals surface area contributed by atoms with Crippen molar-refractivity contribution in [3.8, 4) is 5.75 Å². The van der Waals surface area contributed by atoms with Crippen molar-refractivity contribution < 1.29 is 13.9 Å². The number of carbonyl (C=O) groups excluding carboxylic acids is 1. The van der Waals surface area contributed by atoms with E-state index < -0.39 is 5.82 Å². The Morgan fingerprint density at radius 2 is 2.12 bits per heavy atom. The average molecular weight is 238 g/mol. The fourth-order valence-corrected chi connectivity index (χ4v) is 1.80. The third kappa shape index (κ3) is 2.87. The smallest absolute Gasteiger partial charge is 0.260 e. The first kappa shape index (κ1) is 11.7. The van der Waals surface area contributed by atoms with Crippen LogP contribution in [0.3, 0.4) is 0 Å². The molecule has 0 bridgehead atoms. The molecule has 92 valence electrons. The zero-order valence-corrected chi connectivity index (χ0v) is 9.49. The van der Waals surface area contributed by atoms with Gasteiger partial charge in [0, 0.05) is 19.2 Å². The zero-order chi connectivity index (χ0) is 12.3. The Hall–Kier alpha value is -1.78. The van der Waals surface area contributed by atoms with Gasteiger partial charge in [-0.1, -0.05) is 0 Å². The molecule has 1 aromatic carbocycles. The maximum Gasteiger partial charge on any atom is 0.260 e. The number of ether oxygens (including phenoxy) is 1. The Morgan fingerprint density at radius 3 is 2.76 bits per heavy atom. The predicted molar refractivity (Wildman–Crippen MR) is 62.1 cm³/mol. The summed E-state index contributed by atoms with van der Waals surface area (Å²) in [5.74, 6) is -0.264. The molecule has 0 aliphatic carbocycles. The van der Waals surface area contributed by atoms with Crippen molar-refractivity contribution in [2.45, 2.75) is 12.8 Å². The number of rotatable bonds is 3. The molecule has 0 saturated carbocycles. The Morgan fingerprint density at radius 1 is 1.41 bits per heavy atom. The molecule has 2 rings (SSSR count). The summed E-state index contributed by atoms with van der Waals surface area (Å²) in [7, 11) is 0. The van der Waals surface area contributed by atoms with Crippen LogP contribution in [0.5, 0.6) is 5.75 Å². The Balaban J connectivity index is 1.88. The molecule has 5 heteroatoms. The van der Waals surface area contributed by atoms with E-state index in [-0.39, 0.29) is 18.2 Å². The fraction of sp³-hybridized carbons (Fsp3) is 0.417. The Bertz CT molecular complexity index is 417. The standard InChI is InChI=1S/C12H15FN2O2/c13-10-7-9(3-4-11(10)14)17-8-12(16)15-5-1-2-6-15/h3-4,7H,1-2,5-6,8,14H2. The molecule has 2 N–H and O–H groups in total. The van der Waals surface area contributed by atoms with Gasteiger partial charge in [-0.25, -0.2) is 4.39 Å². The molecule has 0 radical (unpaired) electrons. The fourth-order valence-electron chi connectivity index (χ4n) is 1.80. The van der Waals surface area contributed by atoms with Gasteiger partial charge in [-0.3, -0.25) is 4.79 Å². The zero-order valence-electron chi connectivity index (χ0n) is 9.49. The van der Waals surface area contributed by atoms with Gasteiger partial charge in [0.15, 0.2) is 6.61 Å². The molecule has 1 saturated heterocycles. The van der Waals surface area contributed by atoms with Gasteiger partial charge in [-0.15, -0.1) is 0 Å². The number of nitrogens with two attached hydrogens (primary N) is 1. The highest BCUT2D eigenvalue weighted by Gasteiger charge is 2.18. The SMILES string of the molecule is Nc1ccc(OCC(=O)N2CCCC2)cc1F. The lowest BCUT2D eigenvalue weighted by Crippen LogP contribution is -2.32. The number of nitrogens with zero attached hydrogens (tertiary/aromatic N) is 1. The summed E-state index contributed by atoms with van der Waals surface area (Å²) in [6.07, 6.45) is 2.09. The summed E-state index contributed by atoms with van der Waals surface area (Å²) >= 11 is 0. The van der Waals surface area contributed by atoms with Crippen LogP contribution in [0.1, 0.15) is 12.8 Å². The summed E-state index contributed by atoms with van der Waals surface area (Å²) in [6, 6.07) is 4.16. The van der Waals surface area contributed by atoms with Gasteiger partial charge in [0.2, 0.25) is 0 Å². The molecule has 17 heavy (non-hydrogen) atoms. The van der Waals surface area contributed by atoms with Gasteiger partial charge in [0.05, 0.1) is 5.69 Å². The van der Waals surface area contributed by atoms with E-state index in [2.05, 4.69) is 0 Å². The summed E-state index contributed by atoms with van der Waals surface area (Å²) < 4.78 is 18.3. The minimum atomic E-state index is -0.531. The van der Waals surface area contributed by atoms with Crippen LogP contribution in [0.2, 0.25) is 0 Å². The monoisotopic (exact) mass is 238 g/mol.